The van der Waals surface area contributed by atoms with E-state index in [-0.39, 0.29) is 18.0 Å². The molecule has 0 saturated carbocycles. The molecule has 0 radical (unpaired) electrons. The van der Waals surface area contributed by atoms with Gasteiger partial charge in [-0.3, -0.25) is 4.79 Å². The van der Waals surface area contributed by atoms with Crippen LogP contribution in [0.2, 0.25) is 0 Å². The van der Waals surface area contributed by atoms with Gasteiger partial charge in [0, 0.05) is 26.1 Å². The highest BCUT2D eigenvalue weighted by atomic mass is 16.5. The van der Waals surface area contributed by atoms with Crippen molar-refractivity contribution in [3.05, 3.63) is 34.9 Å². The molecule has 1 aromatic carbocycles. The maximum atomic E-state index is 12.2. The van der Waals surface area contributed by atoms with Crippen molar-refractivity contribution in [1.82, 2.24) is 4.90 Å². The molecule has 0 spiro atoms. The van der Waals surface area contributed by atoms with Crippen LogP contribution in [0.4, 0.5) is 0 Å². The molecular weight excluding hydrogens is 252 g/mol. The highest BCUT2D eigenvalue weighted by Crippen LogP contribution is 2.31. The number of nitrogens with two attached hydrogens (primary N) is 1. The molecule has 0 bridgehead atoms. The fourth-order valence-electron chi connectivity index (χ4n) is 3.04. The number of amides is 1. The normalized spacial score (nSPS) is 23.2. The number of rotatable bonds is 4. The van der Waals surface area contributed by atoms with Gasteiger partial charge in [-0.15, -0.1) is 0 Å². The van der Waals surface area contributed by atoms with Crippen molar-refractivity contribution >= 4 is 5.91 Å². The molecule has 1 heterocycles. The Hall–Kier alpha value is -1.39. The minimum atomic E-state index is -0.0370. The number of piperidine rings is 1. The van der Waals surface area contributed by atoms with Crippen LogP contribution in [-0.2, 0) is 9.53 Å². The van der Waals surface area contributed by atoms with Gasteiger partial charge in [0.2, 0.25) is 5.91 Å². The Labute approximate surface area is 120 Å². The van der Waals surface area contributed by atoms with Crippen LogP contribution >= 0.6 is 0 Å². The van der Waals surface area contributed by atoms with E-state index in [2.05, 4.69) is 32.0 Å². The quantitative estimate of drug-likeness (QED) is 0.914. The lowest BCUT2D eigenvalue weighted by Gasteiger charge is -2.40. The summed E-state index contributed by atoms with van der Waals surface area (Å²) >= 11 is 0. The number of carbonyl (C=O) groups excluding carboxylic acids is 1. The van der Waals surface area contributed by atoms with Crippen LogP contribution in [0, 0.1) is 13.8 Å². The molecule has 20 heavy (non-hydrogen) atoms. The van der Waals surface area contributed by atoms with Gasteiger partial charge >= 0.3 is 0 Å². The predicted octanol–water partition coefficient (Wildman–Crippen LogP) is 1.94. The van der Waals surface area contributed by atoms with Gasteiger partial charge in [0.05, 0.1) is 12.6 Å². The van der Waals surface area contributed by atoms with Crippen molar-refractivity contribution in [1.29, 1.82) is 0 Å². The summed E-state index contributed by atoms with van der Waals surface area (Å²) < 4.78 is 5.13. The lowest BCUT2D eigenvalue weighted by atomic mass is 9.89. The monoisotopic (exact) mass is 276 g/mol. The Morgan fingerprint density at radius 1 is 1.30 bits per heavy atom. The summed E-state index contributed by atoms with van der Waals surface area (Å²) in [6, 6.07) is 6.36. The molecule has 1 aliphatic rings. The number of methoxy groups -OCH3 is 1. The second-order valence-corrected chi connectivity index (χ2v) is 5.65. The van der Waals surface area contributed by atoms with Gasteiger partial charge in [-0.05, 0) is 25.8 Å². The lowest BCUT2D eigenvalue weighted by Crippen LogP contribution is -2.49. The zero-order valence-electron chi connectivity index (χ0n) is 12.6. The molecule has 0 aromatic heterocycles. The summed E-state index contributed by atoms with van der Waals surface area (Å²) in [5.41, 5.74) is 9.85. The molecular formula is C16H24N2O2. The largest absolute Gasteiger partial charge is 0.383 e. The number of aryl methyl sites for hydroxylation is 2. The SMILES string of the molecule is COCCN1C(=O)CCC(N)C1c1cc(C)cc(C)c1. The topological polar surface area (TPSA) is 55.6 Å². The van der Waals surface area contributed by atoms with E-state index in [1.54, 1.807) is 7.11 Å². The molecule has 0 aliphatic carbocycles. The minimum Gasteiger partial charge on any atom is -0.383 e. The standard InChI is InChI=1S/C16H24N2O2/c1-11-8-12(2)10-13(9-11)16-14(17)4-5-15(19)18(16)6-7-20-3/h8-10,14,16H,4-7,17H2,1-3H3. The van der Waals surface area contributed by atoms with Gasteiger partial charge in [-0.1, -0.05) is 29.3 Å². The molecule has 2 rings (SSSR count). The molecule has 2 unspecified atom stereocenters. The summed E-state index contributed by atoms with van der Waals surface area (Å²) in [5.74, 6) is 0.174. The third kappa shape index (κ3) is 3.19. The number of nitrogens with zero attached hydrogens (tertiary/aromatic N) is 1. The smallest absolute Gasteiger partial charge is 0.223 e. The highest BCUT2D eigenvalue weighted by Gasteiger charge is 2.34. The maximum absolute atomic E-state index is 12.2. The zero-order valence-corrected chi connectivity index (χ0v) is 12.6. The van der Waals surface area contributed by atoms with E-state index in [0.717, 1.165) is 12.0 Å². The fourth-order valence-corrected chi connectivity index (χ4v) is 3.04. The summed E-state index contributed by atoms with van der Waals surface area (Å²) in [7, 11) is 1.65. The first-order valence-electron chi connectivity index (χ1n) is 7.15. The van der Waals surface area contributed by atoms with E-state index in [1.807, 2.05) is 4.90 Å². The number of hydrogen-bond acceptors (Lipinski definition) is 3. The number of ether oxygens (including phenoxy) is 1. The minimum absolute atomic E-state index is 0.00856. The van der Waals surface area contributed by atoms with Gasteiger partial charge in [0.25, 0.3) is 0 Å². The number of benzene rings is 1. The molecule has 110 valence electrons. The Morgan fingerprint density at radius 3 is 2.55 bits per heavy atom. The van der Waals surface area contributed by atoms with E-state index in [9.17, 15) is 4.79 Å². The Balaban J connectivity index is 2.33. The van der Waals surface area contributed by atoms with Crippen molar-refractivity contribution in [2.24, 2.45) is 5.73 Å². The van der Waals surface area contributed by atoms with Crippen molar-refractivity contribution in [3.8, 4) is 0 Å². The molecule has 1 aliphatic heterocycles. The first-order valence-corrected chi connectivity index (χ1v) is 7.15. The van der Waals surface area contributed by atoms with Crippen LogP contribution in [0.5, 0.6) is 0 Å². The molecule has 4 nitrogen and oxygen atoms in total. The van der Waals surface area contributed by atoms with Crippen molar-refractivity contribution < 1.29 is 9.53 Å². The summed E-state index contributed by atoms with van der Waals surface area (Å²) in [6.07, 6.45) is 1.28. The Kier molecular flexibility index (Phi) is 4.78. The Morgan fingerprint density at radius 2 is 1.95 bits per heavy atom. The highest BCUT2D eigenvalue weighted by molar-refractivity contribution is 5.78. The van der Waals surface area contributed by atoms with Crippen molar-refractivity contribution in [2.75, 3.05) is 20.3 Å². The number of hydrogen-bond donors (Lipinski definition) is 1. The molecule has 1 saturated heterocycles. The van der Waals surface area contributed by atoms with E-state index < -0.39 is 0 Å². The third-order valence-electron chi connectivity index (χ3n) is 3.88. The van der Waals surface area contributed by atoms with Crippen LogP contribution in [0.1, 0.15) is 35.6 Å². The number of carbonyl (C=O) groups is 1. The molecule has 4 heteroatoms. The fraction of sp³-hybridized carbons (Fsp3) is 0.562. The first kappa shape index (κ1) is 15.0. The van der Waals surface area contributed by atoms with Crippen LogP contribution in [0.3, 0.4) is 0 Å². The molecule has 1 aromatic rings. The maximum Gasteiger partial charge on any atom is 0.223 e. The lowest BCUT2D eigenvalue weighted by molar-refractivity contribution is -0.138. The van der Waals surface area contributed by atoms with Gasteiger partial charge in [-0.25, -0.2) is 0 Å². The zero-order chi connectivity index (χ0) is 14.7. The first-order chi connectivity index (χ1) is 9.52. The van der Waals surface area contributed by atoms with Gasteiger partial charge in [0.1, 0.15) is 0 Å². The summed E-state index contributed by atoms with van der Waals surface area (Å²) in [4.78, 5) is 14.1. The summed E-state index contributed by atoms with van der Waals surface area (Å²) in [6.45, 7) is 5.29. The van der Waals surface area contributed by atoms with Gasteiger partial charge in [-0.2, -0.15) is 0 Å². The van der Waals surface area contributed by atoms with E-state index in [1.165, 1.54) is 11.1 Å². The van der Waals surface area contributed by atoms with Crippen LogP contribution in [0.15, 0.2) is 18.2 Å². The second-order valence-electron chi connectivity index (χ2n) is 5.65. The Bertz CT molecular complexity index is 467. The summed E-state index contributed by atoms with van der Waals surface area (Å²) in [5, 5.41) is 0. The average molecular weight is 276 g/mol. The molecule has 1 amide bonds. The molecule has 2 atom stereocenters. The van der Waals surface area contributed by atoms with Crippen molar-refractivity contribution in [3.63, 3.8) is 0 Å². The van der Waals surface area contributed by atoms with Gasteiger partial charge < -0.3 is 15.4 Å². The van der Waals surface area contributed by atoms with E-state index in [4.69, 9.17) is 10.5 Å². The average Bonchev–Trinajstić information content (AvgIpc) is 2.38. The van der Waals surface area contributed by atoms with Crippen LogP contribution in [-0.4, -0.2) is 37.1 Å². The van der Waals surface area contributed by atoms with E-state index >= 15 is 0 Å². The van der Waals surface area contributed by atoms with Crippen LogP contribution in [0.25, 0.3) is 0 Å². The van der Waals surface area contributed by atoms with Crippen LogP contribution < -0.4 is 5.73 Å². The van der Waals surface area contributed by atoms with Gasteiger partial charge in [0.15, 0.2) is 0 Å². The van der Waals surface area contributed by atoms with E-state index in [0.29, 0.717) is 19.6 Å². The second kappa shape index (κ2) is 6.37. The number of likely N-dealkylation sites (tertiary alicyclic amines) is 1. The van der Waals surface area contributed by atoms with Crippen molar-refractivity contribution in [2.45, 2.75) is 38.8 Å². The molecule has 2 N–H and O–H groups in total. The third-order valence-corrected chi connectivity index (χ3v) is 3.88. The predicted molar refractivity (Wildman–Crippen MR) is 79.5 cm³/mol. The molecule has 1 fully saturated rings.